The van der Waals surface area contributed by atoms with Gasteiger partial charge in [-0.05, 0) is 25.8 Å². The first-order chi connectivity index (χ1) is 8.94. The van der Waals surface area contributed by atoms with Gasteiger partial charge in [0, 0.05) is 19.6 Å². The zero-order chi connectivity index (χ0) is 13.9. The van der Waals surface area contributed by atoms with Gasteiger partial charge in [-0.1, -0.05) is 30.3 Å². The number of benzene rings is 1. The lowest BCUT2D eigenvalue weighted by molar-refractivity contribution is -0.158. The third-order valence-electron chi connectivity index (χ3n) is 3.63. The average molecular weight is 263 g/mol. The fourth-order valence-electron chi connectivity index (χ4n) is 2.64. The Balaban J connectivity index is 2.10. The Morgan fingerprint density at radius 2 is 2.05 bits per heavy atom. The minimum Gasteiger partial charge on any atom is -0.480 e. The SMILES string of the molecule is CC1(C)CC(NCc2ccccc2)(C(=O)O)CCO1. The smallest absolute Gasteiger partial charge is 0.324 e. The number of nitrogens with one attached hydrogen (secondary N) is 1. The van der Waals surface area contributed by atoms with Crippen LogP contribution in [0, 0.1) is 0 Å². The van der Waals surface area contributed by atoms with Crippen molar-refractivity contribution in [3.05, 3.63) is 35.9 Å². The van der Waals surface area contributed by atoms with Crippen molar-refractivity contribution >= 4 is 5.97 Å². The van der Waals surface area contributed by atoms with Crippen LogP contribution >= 0.6 is 0 Å². The largest absolute Gasteiger partial charge is 0.480 e. The van der Waals surface area contributed by atoms with Crippen LogP contribution in [0.25, 0.3) is 0 Å². The summed E-state index contributed by atoms with van der Waals surface area (Å²) in [4.78, 5) is 11.7. The Morgan fingerprint density at radius 3 is 2.63 bits per heavy atom. The van der Waals surface area contributed by atoms with Crippen molar-refractivity contribution in [3.8, 4) is 0 Å². The number of hydrogen-bond acceptors (Lipinski definition) is 3. The second kappa shape index (κ2) is 5.31. The number of carboxylic acid groups (broad SMARTS) is 1. The van der Waals surface area contributed by atoms with E-state index in [-0.39, 0.29) is 0 Å². The zero-order valence-corrected chi connectivity index (χ0v) is 11.5. The van der Waals surface area contributed by atoms with Gasteiger partial charge in [-0.2, -0.15) is 0 Å². The molecule has 0 aliphatic carbocycles. The average Bonchev–Trinajstić information content (AvgIpc) is 2.36. The molecule has 1 atom stereocenters. The van der Waals surface area contributed by atoms with E-state index in [0.717, 1.165) is 5.56 Å². The summed E-state index contributed by atoms with van der Waals surface area (Å²) in [5, 5.41) is 12.8. The van der Waals surface area contributed by atoms with Crippen LogP contribution < -0.4 is 5.32 Å². The van der Waals surface area contributed by atoms with Gasteiger partial charge in [0.05, 0.1) is 5.60 Å². The molecule has 1 saturated heterocycles. The predicted molar refractivity (Wildman–Crippen MR) is 72.9 cm³/mol. The molecule has 1 aromatic carbocycles. The van der Waals surface area contributed by atoms with Gasteiger partial charge in [-0.15, -0.1) is 0 Å². The Hall–Kier alpha value is -1.39. The van der Waals surface area contributed by atoms with Gasteiger partial charge < -0.3 is 9.84 Å². The van der Waals surface area contributed by atoms with Crippen molar-refractivity contribution < 1.29 is 14.6 Å². The summed E-state index contributed by atoms with van der Waals surface area (Å²) >= 11 is 0. The van der Waals surface area contributed by atoms with Crippen LogP contribution in [-0.4, -0.2) is 28.8 Å². The van der Waals surface area contributed by atoms with Crippen LogP contribution in [0.15, 0.2) is 30.3 Å². The molecule has 0 radical (unpaired) electrons. The molecule has 4 nitrogen and oxygen atoms in total. The van der Waals surface area contributed by atoms with Gasteiger partial charge in [0.15, 0.2) is 0 Å². The third-order valence-corrected chi connectivity index (χ3v) is 3.63. The maximum Gasteiger partial charge on any atom is 0.324 e. The first-order valence-corrected chi connectivity index (χ1v) is 6.60. The molecular formula is C15H21NO3. The summed E-state index contributed by atoms with van der Waals surface area (Å²) in [5.74, 6) is -0.792. The van der Waals surface area contributed by atoms with E-state index in [9.17, 15) is 9.90 Å². The standard InChI is InChI=1S/C15H21NO3/c1-14(2)11-15(13(17)18,8-9-19-14)16-10-12-6-4-3-5-7-12/h3-7,16H,8-11H2,1-2H3,(H,17,18). The van der Waals surface area contributed by atoms with Crippen LogP contribution in [0.5, 0.6) is 0 Å². The number of aliphatic carboxylic acids is 1. The fraction of sp³-hybridized carbons (Fsp3) is 0.533. The van der Waals surface area contributed by atoms with Gasteiger partial charge in [-0.25, -0.2) is 0 Å². The van der Waals surface area contributed by atoms with Crippen LogP contribution in [0.3, 0.4) is 0 Å². The first-order valence-electron chi connectivity index (χ1n) is 6.60. The van der Waals surface area contributed by atoms with Gasteiger partial charge in [0.25, 0.3) is 0 Å². The summed E-state index contributed by atoms with van der Waals surface area (Å²) in [6.45, 7) is 4.91. The van der Waals surface area contributed by atoms with Crippen molar-refractivity contribution in [1.29, 1.82) is 0 Å². The van der Waals surface area contributed by atoms with Crippen LogP contribution in [0.2, 0.25) is 0 Å². The Labute approximate surface area is 113 Å². The van der Waals surface area contributed by atoms with Crippen molar-refractivity contribution in [1.82, 2.24) is 5.32 Å². The zero-order valence-electron chi connectivity index (χ0n) is 11.5. The fourth-order valence-corrected chi connectivity index (χ4v) is 2.64. The first kappa shape index (κ1) is 14.0. The molecule has 1 fully saturated rings. The molecule has 1 unspecified atom stereocenters. The monoisotopic (exact) mass is 263 g/mol. The van der Waals surface area contributed by atoms with Gasteiger partial charge in [0.2, 0.25) is 0 Å². The Morgan fingerprint density at radius 1 is 1.37 bits per heavy atom. The quantitative estimate of drug-likeness (QED) is 0.874. The highest BCUT2D eigenvalue weighted by Gasteiger charge is 2.46. The minimum atomic E-state index is -0.891. The third kappa shape index (κ3) is 3.33. The van der Waals surface area contributed by atoms with E-state index in [2.05, 4.69) is 5.32 Å². The molecule has 2 rings (SSSR count). The predicted octanol–water partition coefficient (Wildman–Crippen LogP) is 2.19. The molecule has 1 aliphatic heterocycles. The molecule has 2 N–H and O–H groups in total. The number of hydrogen-bond donors (Lipinski definition) is 2. The van der Waals surface area contributed by atoms with Crippen molar-refractivity contribution in [3.63, 3.8) is 0 Å². The van der Waals surface area contributed by atoms with Crippen molar-refractivity contribution in [2.75, 3.05) is 6.61 Å². The topological polar surface area (TPSA) is 58.6 Å². The highest BCUT2D eigenvalue weighted by molar-refractivity contribution is 5.79. The lowest BCUT2D eigenvalue weighted by atomic mass is 9.81. The maximum atomic E-state index is 11.7. The highest BCUT2D eigenvalue weighted by atomic mass is 16.5. The molecule has 4 heteroatoms. The maximum absolute atomic E-state index is 11.7. The number of ether oxygens (including phenoxy) is 1. The summed E-state index contributed by atoms with van der Waals surface area (Å²) in [6.07, 6.45) is 0.973. The van der Waals surface area contributed by atoms with E-state index in [1.807, 2.05) is 44.2 Å². The van der Waals surface area contributed by atoms with E-state index in [1.165, 1.54) is 0 Å². The van der Waals surface area contributed by atoms with E-state index >= 15 is 0 Å². The number of carboxylic acids is 1. The van der Waals surface area contributed by atoms with Crippen LogP contribution in [-0.2, 0) is 16.1 Å². The van der Waals surface area contributed by atoms with Gasteiger partial charge in [0.1, 0.15) is 5.54 Å². The number of carbonyl (C=O) groups is 1. The summed E-state index contributed by atoms with van der Waals surface area (Å²) in [6, 6.07) is 9.85. The summed E-state index contributed by atoms with van der Waals surface area (Å²) in [5.41, 5.74) is -0.204. The van der Waals surface area contributed by atoms with Gasteiger partial charge >= 0.3 is 5.97 Å². The molecule has 1 aliphatic rings. The molecule has 0 bridgehead atoms. The Bertz CT molecular complexity index is 444. The number of rotatable bonds is 4. The van der Waals surface area contributed by atoms with Gasteiger partial charge in [-0.3, -0.25) is 10.1 Å². The highest BCUT2D eigenvalue weighted by Crippen LogP contribution is 2.32. The van der Waals surface area contributed by atoms with Crippen LogP contribution in [0.1, 0.15) is 32.3 Å². The molecule has 104 valence electrons. The van der Waals surface area contributed by atoms with Crippen molar-refractivity contribution in [2.24, 2.45) is 0 Å². The molecule has 0 saturated carbocycles. The van der Waals surface area contributed by atoms with Crippen LogP contribution in [0.4, 0.5) is 0 Å². The summed E-state index contributed by atoms with van der Waals surface area (Å²) in [7, 11) is 0. The molecule has 0 aromatic heterocycles. The molecule has 0 amide bonds. The second-order valence-electron chi connectivity index (χ2n) is 5.76. The lowest BCUT2D eigenvalue weighted by Gasteiger charge is -2.42. The molecule has 1 aromatic rings. The minimum absolute atomic E-state index is 0.402. The summed E-state index contributed by atoms with van der Waals surface area (Å²) < 4.78 is 5.62. The van der Waals surface area contributed by atoms with E-state index in [0.29, 0.717) is 26.0 Å². The Kier molecular flexibility index (Phi) is 3.92. The lowest BCUT2D eigenvalue weighted by Crippen LogP contribution is -2.59. The van der Waals surface area contributed by atoms with E-state index in [4.69, 9.17) is 4.74 Å². The van der Waals surface area contributed by atoms with Crippen molar-refractivity contribution in [2.45, 2.75) is 44.4 Å². The van der Waals surface area contributed by atoms with E-state index in [1.54, 1.807) is 0 Å². The van der Waals surface area contributed by atoms with E-state index < -0.39 is 17.1 Å². The molecule has 0 spiro atoms. The second-order valence-corrected chi connectivity index (χ2v) is 5.76. The normalized spacial score (nSPS) is 26.0. The molecule has 19 heavy (non-hydrogen) atoms. The molecular weight excluding hydrogens is 242 g/mol. The molecule has 1 heterocycles.